The van der Waals surface area contributed by atoms with Crippen molar-refractivity contribution in [3.05, 3.63) is 89.4 Å². The molecule has 0 aliphatic carbocycles. The average Bonchev–Trinajstić information content (AvgIpc) is 3.46. The van der Waals surface area contributed by atoms with E-state index in [1.165, 1.54) is 58.1 Å². The molecule has 0 aliphatic heterocycles. The van der Waals surface area contributed by atoms with Gasteiger partial charge in [-0.1, -0.05) is 65.0 Å². The SMILES string of the molecule is CC(C)Cc1ccc2scc(-c3cc4ccnc(-c5cc(C(C)(C)C)c6ccccc6c5)c4s3)c2c1. The summed E-state index contributed by atoms with van der Waals surface area (Å²) in [5, 5.41) is 7.57. The Morgan fingerprint density at radius 1 is 0.861 bits per heavy atom. The summed E-state index contributed by atoms with van der Waals surface area (Å²) in [7, 11) is 0. The van der Waals surface area contributed by atoms with Crippen LogP contribution in [-0.4, -0.2) is 4.98 Å². The van der Waals surface area contributed by atoms with Crippen molar-refractivity contribution >= 4 is 53.6 Å². The summed E-state index contributed by atoms with van der Waals surface area (Å²) in [4.78, 5) is 6.25. The molecule has 3 aromatic heterocycles. The Bertz CT molecular complexity index is 1730. The molecule has 0 aliphatic rings. The maximum atomic E-state index is 4.92. The van der Waals surface area contributed by atoms with Gasteiger partial charge in [0, 0.05) is 37.7 Å². The van der Waals surface area contributed by atoms with E-state index in [9.17, 15) is 0 Å². The summed E-state index contributed by atoms with van der Waals surface area (Å²) in [6.07, 6.45) is 3.08. The monoisotopic (exact) mass is 505 g/mol. The van der Waals surface area contributed by atoms with Crippen LogP contribution >= 0.6 is 22.7 Å². The fourth-order valence-corrected chi connectivity index (χ4v) is 7.45. The van der Waals surface area contributed by atoms with Crippen molar-refractivity contribution in [1.29, 1.82) is 0 Å². The van der Waals surface area contributed by atoms with Crippen molar-refractivity contribution in [2.75, 3.05) is 0 Å². The van der Waals surface area contributed by atoms with Crippen LogP contribution in [0.2, 0.25) is 0 Å². The fraction of sp³-hybridized carbons (Fsp3) is 0.242. The number of fused-ring (bicyclic) bond motifs is 3. The highest BCUT2D eigenvalue weighted by atomic mass is 32.1. The van der Waals surface area contributed by atoms with Crippen LogP contribution in [0.4, 0.5) is 0 Å². The lowest BCUT2D eigenvalue weighted by atomic mass is 9.82. The quantitative estimate of drug-likeness (QED) is 0.232. The second-order valence-electron chi connectivity index (χ2n) is 11.3. The first-order valence-electron chi connectivity index (χ1n) is 12.7. The van der Waals surface area contributed by atoms with E-state index in [0.29, 0.717) is 5.92 Å². The topological polar surface area (TPSA) is 12.9 Å². The van der Waals surface area contributed by atoms with E-state index < -0.39 is 0 Å². The van der Waals surface area contributed by atoms with Crippen LogP contribution in [0, 0.1) is 5.92 Å². The molecule has 0 saturated carbocycles. The molecule has 3 aromatic carbocycles. The van der Waals surface area contributed by atoms with Gasteiger partial charge < -0.3 is 0 Å². The zero-order chi connectivity index (χ0) is 25.0. The largest absolute Gasteiger partial charge is 0.255 e. The lowest BCUT2D eigenvalue weighted by Crippen LogP contribution is -2.12. The number of rotatable bonds is 4. The maximum absolute atomic E-state index is 4.92. The molecular formula is C33H31NS2. The van der Waals surface area contributed by atoms with Gasteiger partial charge in [0.1, 0.15) is 0 Å². The highest BCUT2D eigenvalue weighted by Crippen LogP contribution is 2.44. The molecule has 0 unspecified atom stereocenters. The van der Waals surface area contributed by atoms with E-state index in [4.69, 9.17) is 4.98 Å². The predicted octanol–water partition coefficient (Wildman–Crippen LogP) is 10.5. The van der Waals surface area contributed by atoms with Gasteiger partial charge >= 0.3 is 0 Å². The number of hydrogen-bond acceptors (Lipinski definition) is 3. The van der Waals surface area contributed by atoms with Crippen molar-refractivity contribution < 1.29 is 0 Å². The van der Waals surface area contributed by atoms with Crippen LogP contribution in [0.25, 0.3) is 52.6 Å². The third kappa shape index (κ3) is 4.15. The normalized spacial score (nSPS) is 12.4. The summed E-state index contributed by atoms with van der Waals surface area (Å²) in [6, 6.07) is 24.9. The van der Waals surface area contributed by atoms with Crippen LogP contribution in [0.5, 0.6) is 0 Å². The van der Waals surface area contributed by atoms with Crippen LogP contribution < -0.4 is 0 Å². The zero-order valence-electron chi connectivity index (χ0n) is 21.6. The van der Waals surface area contributed by atoms with E-state index in [1.807, 2.05) is 28.9 Å². The summed E-state index contributed by atoms with van der Waals surface area (Å²) in [5.41, 5.74) is 6.47. The minimum atomic E-state index is 0.0490. The van der Waals surface area contributed by atoms with E-state index in [1.54, 1.807) is 0 Å². The molecule has 1 nitrogen and oxygen atoms in total. The van der Waals surface area contributed by atoms with Gasteiger partial charge in [0.2, 0.25) is 0 Å². The second kappa shape index (κ2) is 8.83. The molecule has 0 fully saturated rings. The Labute approximate surface area is 221 Å². The molecule has 0 amide bonds. The van der Waals surface area contributed by atoms with Crippen molar-refractivity contribution in [3.63, 3.8) is 0 Å². The van der Waals surface area contributed by atoms with Gasteiger partial charge in [-0.05, 0) is 81.4 Å². The first-order chi connectivity index (χ1) is 17.3. The van der Waals surface area contributed by atoms with Gasteiger partial charge in [-0.25, -0.2) is 0 Å². The number of pyridine rings is 1. The Morgan fingerprint density at radius 2 is 1.69 bits per heavy atom. The summed E-state index contributed by atoms with van der Waals surface area (Å²) >= 11 is 3.72. The molecule has 6 aromatic rings. The number of nitrogens with zero attached hydrogens (tertiary/aromatic N) is 1. The number of thiophene rings is 2. The van der Waals surface area contributed by atoms with Crippen molar-refractivity contribution in [1.82, 2.24) is 4.98 Å². The van der Waals surface area contributed by atoms with Gasteiger partial charge in [-0.3, -0.25) is 4.98 Å². The van der Waals surface area contributed by atoms with Gasteiger partial charge in [0.05, 0.1) is 10.4 Å². The number of aromatic nitrogens is 1. The average molecular weight is 506 g/mol. The maximum Gasteiger partial charge on any atom is 0.0880 e. The Balaban J connectivity index is 1.52. The van der Waals surface area contributed by atoms with Gasteiger partial charge in [-0.15, -0.1) is 22.7 Å². The third-order valence-corrected chi connectivity index (χ3v) is 9.08. The minimum Gasteiger partial charge on any atom is -0.255 e. The Hall–Kier alpha value is -3.01. The Morgan fingerprint density at radius 3 is 2.50 bits per heavy atom. The van der Waals surface area contributed by atoms with E-state index in [0.717, 1.165) is 12.1 Å². The van der Waals surface area contributed by atoms with E-state index in [-0.39, 0.29) is 5.41 Å². The third-order valence-electron chi connectivity index (χ3n) is 6.92. The molecule has 6 rings (SSSR count). The highest BCUT2D eigenvalue weighted by molar-refractivity contribution is 7.23. The summed E-state index contributed by atoms with van der Waals surface area (Å²) in [6.45, 7) is 11.5. The number of hydrogen-bond donors (Lipinski definition) is 0. The van der Waals surface area contributed by atoms with Gasteiger partial charge in [0.25, 0.3) is 0 Å². The van der Waals surface area contributed by atoms with E-state index in [2.05, 4.69) is 107 Å². The summed E-state index contributed by atoms with van der Waals surface area (Å²) < 4.78 is 2.62. The molecule has 36 heavy (non-hydrogen) atoms. The van der Waals surface area contributed by atoms with Crippen LogP contribution in [0.15, 0.2) is 78.3 Å². The molecule has 0 bridgehead atoms. The summed E-state index contributed by atoms with van der Waals surface area (Å²) in [5.74, 6) is 0.655. The van der Waals surface area contributed by atoms with Gasteiger partial charge in [-0.2, -0.15) is 0 Å². The first-order valence-corrected chi connectivity index (χ1v) is 14.4. The molecule has 0 saturated heterocycles. The standard InChI is InChI=1S/C33H31NS2/c1-20(2)14-21-10-11-29-26(15-21)27(19-35-29)30-18-23-12-13-34-31(32(23)36-30)24-16-22-8-6-7-9-25(22)28(17-24)33(3,4)5/h6-13,15-20H,14H2,1-5H3. The van der Waals surface area contributed by atoms with Gasteiger partial charge in [0.15, 0.2) is 0 Å². The van der Waals surface area contributed by atoms with Crippen LogP contribution in [0.1, 0.15) is 45.7 Å². The first kappa shape index (κ1) is 23.4. The molecule has 3 heterocycles. The predicted molar refractivity (Wildman–Crippen MR) is 161 cm³/mol. The molecule has 180 valence electrons. The lowest BCUT2D eigenvalue weighted by molar-refractivity contribution is 0.596. The molecular weight excluding hydrogens is 475 g/mol. The smallest absolute Gasteiger partial charge is 0.0880 e. The highest BCUT2D eigenvalue weighted by Gasteiger charge is 2.20. The molecule has 0 atom stereocenters. The van der Waals surface area contributed by atoms with E-state index >= 15 is 0 Å². The van der Waals surface area contributed by atoms with Crippen molar-refractivity contribution in [2.45, 2.75) is 46.5 Å². The fourth-order valence-electron chi connectivity index (χ4n) is 5.24. The second-order valence-corrected chi connectivity index (χ2v) is 13.2. The van der Waals surface area contributed by atoms with Crippen molar-refractivity contribution in [3.8, 4) is 21.7 Å². The van der Waals surface area contributed by atoms with Crippen LogP contribution in [0.3, 0.4) is 0 Å². The number of benzene rings is 3. The van der Waals surface area contributed by atoms with Crippen molar-refractivity contribution in [2.24, 2.45) is 5.92 Å². The molecule has 0 spiro atoms. The molecule has 0 radical (unpaired) electrons. The Kier molecular flexibility index (Phi) is 5.74. The molecule has 3 heteroatoms. The zero-order valence-corrected chi connectivity index (χ0v) is 23.2. The van der Waals surface area contributed by atoms with Crippen LogP contribution in [-0.2, 0) is 11.8 Å². The molecule has 0 N–H and O–H groups in total. The lowest BCUT2D eigenvalue weighted by Gasteiger charge is -2.22. The minimum absolute atomic E-state index is 0.0490.